The maximum Gasteiger partial charge on any atom is 0.0192 e. The zero-order valence-corrected chi connectivity index (χ0v) is 11.5. The summed E-state index contributed by atoms with van der Waals surface area (Å²) in [5.41, 5.74) is 0. The second-order valence-electron chi connectivity index (χ2n) is 4.65. The summed E-state index contributed by atoms with van der Waals surface area (Å²) in [5.74, 6) is 0.772. The van der Waals surface area contributed by atoms with Crippen molar-refractivity contribution in [3.05, 3.63) is 0 Å². The minimum atomic E-state index is 0.632. The summed E-state index contributed by atoms with van der Waals surface area (Å²) in [7, 11) is 0. The van der Waals surface area contributed by atoms with Crippen molar-refractivity contribution in [2.24, 2.45) is 5.92 Å². The molecule has 0 saturated carbocycles. The fraction of sp³-hybridized carbons (Fsp3) is 1.00. The van der Waals surface area contributed by atoms with Crippen molar-refractivity contribution in [3.63, 3.8) is 0 Å². The molecule has 0 aromatic heterocycles. The average Bonchev–Trinajstić information content (AvgIpc) is 2.26. The highest BCUT2D eigenvalue weighted by Gasteiger charge is 2.13. The van der Waals surface area contributed by atoms with Crippen LogP contribution in [0.4, 0.5) is 0 Å². The first-order valence-electron chi connectivity index (χ1n) is 6.54. The average molecular weight is 214 g/mol. The SMILES string of the molecule is CCC(C)C(C)NCC(C)N(CC)CC. The Labute approximate surface area is 96.4 Å². The molecule has 0 bridgehead atoms. The molecule has 0 aliphatic heterocycles. The number of hydrogen-bond acceptors (Lipinski definition) is 2. The molecule has 0 aliphatic rings. The number of nitrogens with one attached hydrogen (secondary N) is 1. The van der Waals surface area contributed by atoms with Crippen LogP contribution in [-0.2, 0) is 0 Å². The Bertz CT molecular complexity index is 143. The highest BCUT2D eigenvalue weighted by Crippen LogP contribution is 2.07. The zero-order valence-electron chi connectivity index (χ0n) is 11.5. The van der Waals surface area contributed by atoms with Crippen LogP contribution in [0.15, 0.2) is 0 Å². The van der Waals surface area contributed by atoms with Crippen molar-refractivity contribution < 1.29 is 0 Å². The summed E-state index contributed by atoms with van der Waals surface area (Å²) in [5, 5.41) is 3.64. The van der Waals surface area contributed by atoms with Crippen LogP contribution < -0.4 is 5.32 Å². The third kappa shape index (κ3) is 5.53. The molecular formula is C13H30N2. The van der Waals surface area contributed by atoms with E-state index >= 15 is 0 Å². The summed E-state index contributed by atoms with van der Waals surface area (Å²) in [4.78, 5) is 2.50. The molecule has 3 unspecified atom stereocenters. The lowest BCUT2D eigenvalue weighted by Crippen LogP contribution is -2.44. The van der Waals surface area contributed by atoms with E-state index in [9.17, 15) is 0 Å². The highest BCUT2D eigenvalue weighted by atomic mass is 15.2. The monoisotopic (exact) mass is 214 g/mol. The Morgan fingerprint density at radius 3 is 1.93 bits per heavy atom. The summed E-state index contributed by atoms with van der Waals surface area (Å²) >= 11 is 0. The molecular weight excluding hydrogens is 184 g/mol. The van der Waals surface area contributed by atoms with Gasteiger partial charge in [-0.1, -0.05) is 34.1 Å². The van der Waals surface area contributed by atoms with Gasteiger partial charge in [-0.25, -0.2) is 0 Å². The van der Waals surface area contributed by atoms with Crippen LogP contribution in [-0.4, -0.2) is 36.6 Å². The van der Waals surface area contributed by atoms with E-state index in [0.29, 0.717) is 12.1 Å². The minimum absolute atomic E-state index is 0.632. The van der Waals surface area contributed by atoms with E-state index in [1.54, 1.807) is 0 Å². The molecule has 0 aliphatic carbocycles. The van der Waals surface area contributed by atoms with Crippen molar-refractivity contribution in [1.29, 1.82) is 0 Å². The lowest BCUT2D eigenvalue weighted by molar-refractivity contribution is 0.216. The largest absolute Gasteiger partial charge is 0.312 e. The first kappa shape index (κ1) is 14.9. The van der Waals surface area contributed by atoms with Crippen LogP contribution in [0.3, 0.4) is 0 Å². The van der Waals surface area contributed by atoms with E-state index < -0.39 is 0 Å². The van der Waals surface area contributed by atoms with Gasteiger partial charge in [0.1, 0.15) is 0 Å². The fourth-order valence-corrected chi connectivity index (χ4v) is 1.89. The van der Waals surface area contributed by atoms with E-state index in [-0.39, 0.29) is 0 Å². The Hall–Kier alpha value is -0.0800. The van der Waals surface area contributed by atoms with Gasteiger partial charge in [0.05, 0.1) is 0 Å². The summed E-state index contributed by atoms with van der Waals surface area (Å²) in [6.07, 6.45) is 1.26. The van der Waals surface area contributed by atoms with Crippen LogP contribution >= 0.6 is 0 Å². The molecule has 3 atom stereocenters. The van der Waals surface area contributed by atoms with Crippen LogP contribution in [0.5, 0.6) is 0 Å². The normalized spacial score (nSPS) is 17.8. The van der Waals surface area contributed by atoms with Gasteiger partial charge >= 0.3 is 0 Å². The molecule has 0 saturated heterocycles. The number of likely N-dealkylation sites (N-methyl/N-ethyl adjacent to an activating group) is 1. The Morgan fingerprint density at radius 1 is 1.00 bits per heavy atom. The van der Waals surface area contributed by atoms with Gasteiger partial charge in [0.15, 0.2) is 0 Å². The maximum absolute atomic E-state index is 3.64. The third-order valence-corrected chi connectivity index (χ3v) is 3.67. The van der Waals surface area contributed by atoms with Crippen LogP contribution in [0.2, 0.25) is 0 Å². The first-order valence-corrected chi connectivity index (χ1v) is 6.54. The van der Waals surface area contributed by atoms with Gasteiger partial charge in [-0.05, 0) is 32.9 Å². The molecule has 2 heteroatoms. The van der Waals surface area contributed by atoms with Gasteiger partial charge in [-0.15, -0.1) is 0 Å². The number of hydrogen-bond donors (Lipinski definition) is 1. The maximum atomic E-state index is 3.64. The van der Waals surface area contributed by atoms with E-state index in [1.807, 2.05) is 0 Å². The Morgan fingerprint density at radius 2 is 1.53 bits per heavy atom. The van der Waals surface area contributed by atoms with Crippen LogP contribution in [0, 0.1) is 5.92 Å². The molecule has 0 amide bonds. The van der Waals surface area contributed by atoms with Crippen molar-refractivity contribution in [2.45, 2.75) is 60.0 Å². The molecule has 0 aromatic carbocycles. The van der Waals surface area contributed by atoms with E-state index in [4.69, 9.17) is 0 Å². The predicted octanol–water partition coefficient (Wildman–Crippen LogP) is 2.74. The molecule has 92 valence electrons. The number of rotatable bonds is 8. The van der Waals surface area contributed by atoms with Crippen LogP contribution in [0.25, 0.3) is 0 Å². The molecule has 2 nitrogen and oxygen atoms in total. The second-order valence-corrected chi connectivity index (χ2v) is 4.65. The van der Waals surface area contributed by atoms with Gasteiger partial charge in [0.2, 0.25) is 0 Å². The molecule has 0 radical (unpaired) electrons. The predicted molar refractivity (Wildman–Crippen MR) is 69.3 cm³/mol. The van der Waals surface area contributed by atoms with Gasteiger partial charge in [0.25, 0.3) is 0 Å². The quantitative estimate of drug-likeness (QED) is 0.668. The van der Waals surface area contributed by atoms with Gasteiger partial charge < -0.3 is 5.32 Å². The van der Waals surface area contributed by atoms with E-state index in [0.717, 1.165) is 25.6 Å². The van der Waals surface area contributed by atoms with Gasteiger partial charge in [0, 0.05) is 18.6 Å². The van der Waals surface area contributed by atoms with Crippen molar-refractivity contribution in [1.82, 2.24) is 10.2 Å². The van der Waals surface area contributed by atoms with Crippen molar-refractivity contribution in [3.8, 4) is 0 Å². The van der Waals surface area contributed by atoms with Gasteiger partial charge in [-0.3, -0.25) is 4.90 Å². The lowest BCUT2D eigenvalue weighted by Gasteiger charge is -2.29. The second kappa shape index (κ2) is 8.12. The van der Waals surface area contributed by atoms with Crippen molar-refractivity contribution in [2.75, 3.05) is 19.6 Å². The minimum Gasteiger partial charge on any atom is -0.312 e. The molecule has 15 heavy (non-hydrogen) atoms. The molecule has 1 N–H and O–H groups in total. The third-order valence-electron chi connectivity index (χ3n) is 3.67. The standard InChI is InChI=1S/C13H30N2/c1-7-11(4)13(6)14-10-12(5)15(8-2)9-3/h11-14H,7-10H2,1-6H3. The zero-order chi connectivity index (χ0) is 11.8. The van der Waals surface area contributed by atoms with E-state index in [2.05, 4.69) is 51.8 Å². The molecule has 0 aromatic rings. The molecule has 0 fully saturated rings. The lowest BCUT2D eigenvalue weighted by atomic mass is 10.0. The van der Waals surface area contributed by atoms with E-state index in [1.165, 1.54) is 6.42 Å². The van der Waals surface area contributed by atoms with Crippen LogP contribution in [0.1, 0.15) is 48.0 Å². The number of nitrogens with zero attached hydrogens (tertiary/aromatic N) is 1. The smallest absolute Gasteiger partial charge is 0.0192 e. The molecule has 0 heterocycles. The highest BCUT2D eigenvalue weighted by molar-refractivity contribution is 4.72. The summed E-state index contributed by atoms with van der Waals surface area (Å²) in [6.45, 7) is 17.1. The Kier molecular flexibility index (Phi) is 8.07. The summed E-state index contributed by atoms with van der Waals surface area (Å²) in [6, 6.07) is 1.28. The fourth-order valence-electron chi connectivity index (χ4n) is 1.89. The molecule has 0 rings (SSSR count). The Balaban J connectivity index is 3.83. The molecule has 0 spiro atoms. The first-order chi connectivity index (χ1) is 7.06. The van der Waals surface area contributed by atoms with Crippen molar-refractivity contribution >= 4 is 0 Å². The topological polar surface area (TPSA) is 15.3 Å². The van der Waals surface area contributed by atoms with Gasteiger partial charge in [-0.2, -0.15) is 0 Å². The summed E-state index contributed by atoms with van der Waals surface area (Å²) < 4.78 is 0.